The molecule has 3 N–H and O–H groups in total. The number of carbonyl (C=O) groups excluding carboxylic acids is 1. The molecule has 19 heavy (non-hydrogen) atoms. The molecule has 6 nitrogen and oxygen atoms in total. The third-order valence-corrected chi connectivity index (χ3v) is 3.37. The van der Waals surface area contributed by atoms with Gasteiger partial charge in [-0.1, -0.05) is 13.3 Å². The van der Waals surface area contributed by atoms with Crippen molar-refractivity contribution < 1.29 is 14.7 Å². The second kappa shape index (κ2) is 7.99. The van der Waals surface area contributed by atoms with Crippen molar-refractivity contribution in [2.24, 2.45) is 0 Å². The summed E-state index contributed by atoms with van der Waals surface area (Å²) in [7, 11) is 0. The molecule has 1 fully saturated rings. The molecule has 1 heterocycles. The first-order valence-corrected chi connectivity index (χ1v) is 7.05. The lowest BCUT2D eigenvalue weighted by molar-refractivity contribution is -0.139. The molecule has 0 aromatic carbocycles. The minimum absolute atomic E-state index is 0.0180. The van der Waals surface area contributed by atoms with Gasteiger partial charge >= 0.3 is 12.0 Å². The Hall–Kier alpha value is -1.30. The molecule has 0 aromatic heterocycles. The molecule has 2 amide bonds. The topological polar surface area (TPSA) is 81.7 Å². The van der Waals surface area contributed by atoms with Crippen molar-refractivity contribution in [1.82, 2.24) is 15.5 Å². The number of aliphatic carboxylic acids is 1. The molecule has 0 aromatic rings. The molecule has 1 rings (SSSR count). The molecule has 2 atom stereocenters. The van der Waals surface area contributed by atoms with Crippen LogP contribution in [0.15, 0.2) is 0 Å². The van der Waals surface area contributed by atoms with Gasteiger partial charge in [0.05, 0.1) is 0 Å². The van der Waals surface area contributed by atoms with Crippen LogP contribution in [0.4, 0.5) is 4.79 Å². The fourth-order valence-electron chi connectivity index (χ4n) is 2.34. The number of amides is 2. The van der Waals surface area contributed by atoms with E-state index in [0.717, 1.165) is 19.6 Å². The van der Waals surface area contributed by atoms with Crippen molar-refractivity contribution in [3.8, 4) is 0 Å². The second-order valence-corrected chi connectivity index (χ2v) is 5.18. The molecule has 110 valence electrons. The Morgan fingerprint density at radius 3 is 2.37 bits per heavy atom. The summed E-state index contributed by atoms with van der Waals surface area (Å²) in [4.78, 5) is 24.8. The number of carboxylic acid groups (broad SMARTS) is 1. The minimum Gasteiger partial charge on any atom is -0.480 e. The van der Waals surface area contributed by atoms with Crippen molar-refractivity contribution >= 4 is 12.0 Å². The summed E-state index contributed by atoms with van der Waals surface area (Å²) in [6.07, 6.45) is 4.10. The van der Waals surface area contributed by atoms with Gasteiger partial charge < -0.3 is 20.6 Å². The summed E-state index contributed by atoms with van der Waals surface area (Å²) < 4.78 is 0. The van der Waals surface area contributed by atoms with E-state index in [1.807, 2.05) is 6.92 Å². The summed E-state index contributed by atoms with van der Waals surface area (Å²) in [5.74, 6) is -0.999. The first-order chi connectivity index (χ1) is 9.02. The Kier molecular flexibility index (Phi) is 6.62. The summed E-state index contributed by atoms with van der Waals surface area (Å²) >= 11 is 0. The number of urea groups is 1. The number of carboxylic acids is 1. The van der Waals surface area contributed by atoms with Gasteiger partial charge in [-0.05, 0) is 39.3 Å². The molecule has 1 saturated heterocycles. The van der Waals surface area contributed by atoms with E-state index in [2.05, 4.69) is 15.5 Å². The maximum absolute atomic E-state index is 11.7. The number of nitrogens with zero attached hydrogens (tertiary/aromatic N) is 1. The Morgan fingerprint density at radius 1 is 1.21 bits per heavy atom. The average molecular weight is 271 g/mol. The number of hydrogen-bond acceptors (Lipinski definition) is 3. The van der Waals surface area contributed by atoms with E-state index >= 15 is 0 Å². The molecule has 0 saturated carbocycles. The van der Waals surface area contributed by atoms with E-state index in [4.69, 9.17) is 5.11 Å². The first-order valence-electron chi connectivity index (χ1n) is 7.05. The van der Waals surface area contributed by atoms with Crippen LogP contribution in [-0.2, 0) is 4.79 Å². The lowest BCUT2D eigenvalue weighted by Crippen LogP contribution is -2.51. The second-order valence-electron chi connectivity index (χ2n) is 5.18. The first kappa shape index (κ1) is 15.8. The summed E-state index contributed by atoms with van der Waals surface area (Å²) in [5, 5.41) is 14.1. The van der Waals surface area contributed by atoms with Gasteiger partial charge in [-0.2, -0.15) is 0 Å². The summed E-state index contributed by atoms with van der Waals surface area (Å²) in [6, 6.07) is -1.20. The SMILES string of the molecule is CCC(NC(=O)NC(C)CN1CCCCC1)C(=O)O. The van der Waals surface area contributed by atoms with Crippen molar-refractivity contribution in [3.63, 3.8) is 0 Å². The molecule has 0 radical (unpaired) electrons. The number of nitrogens with one attached hydrogen (secondary N) is 2. The van der Waals surface area contributed by atoms with Crippen molar-refractivity contribution in [3.05, 3.63) is 0 Å². The zero-order valence-electron chi connectivity index (χ0n) is 11.8. The quantitative estimate of drug-likeness (QED) is 0.674. The number of likely N-dealkylation sites (tertiary alicyclic amines) is 1. The predicted octanol–water partition coefficient (Wildman–Crippen LogP) is 1.02. The molecule has 1 aliphatic heterocycles. The number of piperidine rings is 1. The molecular weight excluding hydrogens is 246 g/mol. The maximum Gasteiger partial charge on any atom is 0.326 e. The zero-order valence-corrected chi connectivity index (χ0v) is 11.8. The van der Waals surface area contributed by atoms with Gasteiger partial charge in [0.25, 0.3) is 0 Å². The largest absolute Gasteiger partial charge is 0.480 e. The van der Waals surface area contributed by atoms with Crippen molar-refractivity contribution in [2.75, 3.05) is 19.6 Å². The lowest BCUT2D eigenvalue weighted by atomic mass is 10.1. The van der Waals surface area contributed by atoms with Crippen LogP contribution >= 0.6 is 0 Å². The van der Waals surface area contributed by atoms with Gasteiger partial charge in [-0.25, -0.2) is 9.59 Å². The molecule has 0 aliphatic carbocycles. The molecule has 1 aliphatic rings. The third kappa shape index (κ3) is 5.92. The zero-order chi connectivity index (χ0) is 14.3. The van der Waals surface area contributed by atoms with Crippen LogP contribution in [0, 0.1) is 0 Å². The Bertz CT molecular complexity index is 304. The van der Waals surface area contributed by atoms with E-state index < -0.39 is 18.0 Å². The summed E-state index contributed by atoms with van der Waals surface area (Å²) in [5.41, 5.74) is 0. The van der Waals surface area contributed by atoms with Crippen molar-refractivity contribution in [2.45, 2.75) is 51.6 Å². The van der Waals surface area contributed by atoms with E-state index in [-0.39, 0.29) is 6.04 Å². The number of carbonyl (C=O) groups is 2. The van der Waals surface area contributed by atoms with Crippen LogP contribution in [0.25, 0.3) is 0 Å². The smallest absolute Gasteiger partial charge is 0.326 e. The number of rotatable bonds is 6. The third-order valence-electron chi connectivity index (χ3n) is 3.37. The van der Waals surface area contributed by atoms with Crippen LogP contribution < -0.4 is 10.6 Å². The molecule has 6 heteroatoms. The van der Waals surface area contributed by atoms with Gasteiger partial charge in [-0.3, -0.25) is 0 Å². The average Bonchev–Trinajstić information content (AvgIpc) is 2.36. The highest BCUT2D eigenvalue weighted by Crippen LogP contribution is 2.08. The van der Waals surface area contributed by atoms with Gasteiger partial charge in [0.15, 0.2) is 0 Å². The van der Waals surface area contributed by atoms with Crippen molar-refractivity contribution in [1.29, 1.82) is 0 Å². The van der Waals surface area contributed by atoms with Gasteiger partial charge in [0, 0.05) is 12.6 Å². The van der Waals surface area contributed by atoms with Crippen LogP contribution in [0.3, 0.4) is 0 Å². The van der Waals surface area contributed by atoms with Crippen LogP contribution in [0.5, 0.6) is 0 Å². The minimum atomic E-state index is -0.999. The lowest BCUT2D eigenvalue weighted by Gasteiger charge is -2.29. The predicted molar refractivity (Wildman–Crippen MR) is 73.1 cm³/mol. The highest BCUT2D eigenvalue weighted by molar-refractivity contribution is 5.82. The summed E-state index contributed by atoms with van der Waals surface area (Å²) in [6.45, 7) is 6.66. The van der Waals surface area contributed by atoms with E-state index in [1.54, 1.807) is 6.92 Å². The van der Waals surface area contributed by atoms with E-state index in [0.29, 0.717) is 6.42 Å². The standard InChI is InChI=1S/C13H25N3O3/c1-3-11(12(17)18)15-13(19)14-10(2)9-16-7-5-4-6-8-16/h10-11H,3-9H2,1-2H3,(H,17,18)(H2,14,15,19). The monoisotopic (exact) mass is 271 g/mol. The normalized spacial score (nSPS) is 19.5. The van der Waals surface area contributed by atoms with E-state index in [9.17, 15) is 9.59 Å². The van der Waals surface area contributed by atoms with Crippen LogP contribution in [-0.4, -0.2) is 53.7 Å². The fraction of sp³-hybridized carbons (Fsp3) is 0.846. The highest BCUT2D eigenvalue weighted by atomic mass is 16.4. The molecule has 0 bridgehead atoms. The highest BCUT2D eigenvalue weighted by Gasteiger charge is 2.19. The fourth-order valence-corrected chi connectivity index (χ4v) is 2.34. The van der Waals surface area contributed by atoms with Gasteiger partial charge in [-0.15, -0.1) is 0 Å². The molecule has 2 unspecified atom stereocenters. The number of hydrogen-bond donors (Lipinski definition) is 3. The van der Waals surface area contributed by atoms with Crippen LogP contribution in [0.2, 0.25) is 0 Å². The molecular formula is C13H25N3O3. The molecule has 0 spiro atoms. The van der Waals surface area contributed by atoms with Crippen LogP contribution in [0.1, 0.15) is 39.5 Å². The Balaban J connectivity index is 2.28. The van der Waals surface area contributed by atoms with Gasteiger partial charge in [0.1, 0.15) is 6.04 Å². The maximum atomic E-state index is 11.7. The van der Waals surface area contributed by atoms with E-state index in [1.165, 1.54) is 19.3 Å². The van der Waals surface area contributed by atoms with Gasteiger partial charge in [0.2, 0.25) is 0 Å². The Labute approximate surface area is 114 Å². The Morgan fingerprint density at radius 2 is 1.84 bits per heavy atom.